The molecule has 8 nitrogen and oxygen atoms in total. The molecule has 0 saturated carbocycles. The zero-order valence-electron chi connectivity index (χ0n) is 13.4. The zero-order valence-corrected chi connectivity index (χ0v) is 14.2. The molecule has 124 valence electrons. The number of benzene rings is 1. The predicted molar refractivity (Wildman–Crippen MR) is 94.6 cm³/mol. The van der Waals surface area contributed by atoms with E-state index in [1.54, 1.807) is 24.4 Å². The Labute approximate surface area is 143 Å². The van der Waals surface area contributed by atoms with Crippen LogP contribution in [0.5, 0.6) is 0 Å². The van der Waals surface area contributed by atoms with Crippen molar-refractivity contribution in [2.45, 2.75) is 0 Å². The Balaban J connectivity index is 1.51. The molecule has 3 aromatic rings. The minimum absolute atomic E-state index is 0.139. The van der Waals surface area contributed by atoms with Gasteiger partial charge >= 0.3 is 0 Å². The Morgan fingerprint density at radius 2 is 2.00 bits per heavy atom. The van der Waals surface area contributed by atoms with Crippen LogP contribution in [0.1, 0.15) is 10.4 Å². The highest BCUT2D eigenvalue weighted by atomic mass is 32.1. The molecule has 0 atom stereocenters. The van der Waals surface area contributed by atoms with Crippen molar-refractivity contribution in [1.29, 1.82) is 0 Å². The van der Waals surface area contributed by atoms with Gasteiger partial charge in [-0.25, -0.2) is 0 Å². The largest absolute Gasteiger partial charge is 0.376 e. The maximum absolute atomic E-state index is 12.1. The van der Waals surface area contributed by atoms with E-state index < -0.39 is 0 Å². The molecule has 2 heterocycles. The quantitative estimate of drug-likeness (QED) is 0.653. The number of amides is 1. The van der Waals surface area contributed by atoms with Crippen molar-refractivity contribution < 1.29 is 4.79 Å². The molecular formula is C15H17N7OS. The maximum atomic E-state index is 12.1. The van der Waals surface area contributed by atoms with Crippen molar-refractivity contribution in [2.75, 3.05) is 37.4 Å². The Kier molecular flexibility index (Phi) is 4.80. The lowest BCUT2D eigenvalue weighted by atomic mass is 10.2. The molecule has 0 spiro atoms. The Morgan fingerprint density at radius 1 is 1.17 bits per heavy atom. The van der Waals surface area contributed by atoms with Gasteiger partial charge in [-0.3, -0.25) is 4.79 Å². The molecule has 1 amide bonds. The van der Waals surface area contributed by atoms with E-state index in [-0.39, 0.29) is 5.91 Å². The Hall–Kier alpha value is -2.81. The fourth-order valence-electron chi connectivity index (χ4n) is 2.08. The highest BCUT2D eigenvalue weighted by Crippen LogP contribution is 2.14. The molecule has 0 aliphatic rings. The van der Waals surface area contributed by atoms with Gasteiger partial charge in [0.05, 0.1) is 23.6 Å². The fraction of sp³-hybridized carbons (Fsp3) is 0.267. The van der Waals surface area contributed by atoms with Gasteiger partial charge in [0.25, 0.3) is 5.91 Å². The highest BCUT2D eigenvalue weighted by Gasteiger charge is 2.07. The van der Waals surface area contributed by atoms with Crippen LogP contribution < -0.4 is 15.5 Å². The summed E-state index contributed by atoms with van der Waals surface area (Å²) >= 11 is 1.14. The number of rotatable bonds is 6. The van der Waals surface area contributed by atoms with Gasteiger partial charge in [0.2, 0.25) is 0 Å². The second-order valence-corrected chi connectivity index (χ2v) is 5.87. The number of anilines is 2. The van der Waals surface area contributed by atoms with Crippen LogP contribution >= 0.6 is 11.7 Å². The number of carbonyl (C=O) groups excluding carboxylic acids is 1. The van der Waals surface area contributed by atoms with Gasteiger partial charge < -0.3 is 15.5 Å². The van der Waals surface area contributed by atoms with Crippen LogP contribution in [0, 0.1) is 0 Å². The molecule has 1 aromatic carbocycles. The SMILES string of the molecule is CN(C)c1cnnc(NCCNC(=O)c2ccc3nsnc3c2)c1. The molecule has 24 heavy (non-hydrogen) atoms. The van der Waals surface area contributed by atoms with Crippen LogP contribution in [0.15, 0.2) is 30.5 Å². The van der Waals surface area contributed by atoms with Gasteiger partial charge in [-0.2, -0.15) is 13.8 Å². The average Bonchev–Trinajstić information content (AvgIpc) is 3.06. The van der Waals surface area contributed by atoms with Crippen LogP contribution in [0.2, 0.25) is 0 Å². The summed E-state index contributed by atoms with van der Waals surface area (Å²) in [7, 11) is 3.88. The van der Waals surface area contributed by atoms with Gasteiger partial charge in [0.1, 0.15) is 11.0 Å². The average molecular weight is 343 g/mol. The van der Waals surface area contributed by atoms with E-state index >= 15 is 0 Å². The second-order valence-electron chi connectivity index (χ2n) is 5.34. The number of carbonyl (C=O) groups is 1. The topological polar surface area (TPSA) is 95.9 Å². The summed E-state index contributed by atoms with van der Waals surface area (Å²) in [5.74, 6) is 0.533. The third kappa shape index (κ3) is 3.74. The van der Waals surface area contributed by atoms with Crippen molar-refractivity contribution in [3.05, 3.63) is 36.0 Å². The molecule has 0 saturated heterocycles. The molecule has 9 heteroatoms. The number of hydrogen-bond acceptors (Lipinski definition) is 8. The van der Waals surface area contributed by atoms with E-state index in [1.807, 2.05) is 25.1 Å². The monoisotopic (exact) mass is 343 g/mol. The molecule has 0 radical (unpaired) electrons. The van der Waals surface area contributed by atoms with E-state index in [9.17, 15) is 4.79 Å². The molecule has 0 fully saturated rings. The van der Waals surface area contributed by atoms with Crippen LogP contribution in [-0.2, 0) is 0 Å². The van der Waals surface area contributed by atoms with E-state index in [2.05, 4.69) is 29.6 Å². The summed E-state index contributed by atoms with van der Waals surface area (Å²) < 4.78 is 8.26. The first-order valence-electron chi connectivity index (χ1n) is 7.38. The van der Waals surface area contributed by atoms with Gasteiger partial charge in [0.15, 0.2) is 5.82 Å². The first-order chi connectivity index (χ1) is 11.6. The van der Waals surface area contributed by atoms with E-state index in [0.717, 1.165) is 28.4 Å². The summed E-state index contributed by atoms with van der Waals surface area (Å²) in [6.45, 7) is 1.03. The first kappa shape index (κ1) is 16.1. The maximum Gasteiger partial charge on any atom is 0.251 e. The highest BCUT2D eigenvalue weighted by molar-refractivity contribution is 7.00. The van der Waals surface area contributed by atoms with Gasteiger partial charge in [0, 0.05) is 38.8 Å². The van der Waals surface area contributed by atoms with Crippen molar-refractivity contribution in [2.24, 2.45) is 0 Å². The summed E-state index contributed by atoms with van der Waals surface area (Å²) in [4.78, 5) is 14.1. The fourth-order valence-corrected chi connectivity index (χ4v) is 2.60. The Bertz CT molecular complexity index is 848. The third-order valence-corrected chi connectivity index (χ3v) is 3.95. The smallest absolute Gasteiger partial charge is 0.251 e. The molecule has 2 aromatic heterocycles. The van der Waals surface area contributed by atoms with Crippen LogP contribution in [0.3, 0.4) is 0 Å². The Morgan fingerprint density at radius 3 is 2.83 bits per heavy atom. The van der Waals surface area contributed by atoms with Crippen LogP contribution in [0.25, 0.3) is 11.0 Å². The normalized spacial score (nSPS) is 10.6. The molecule has 0 bridgehead atoms. The lowest BCUT2D eigenvalue weighted by Gasteiger charge is -2.13. The minimum atomic E-state index is -0.139. The number of nitrogens with one attached hydrogen (secondary N) is 2. The molecule has 0 aliphatic carbocycles. The van der Waals surface area contributed by atoms with Gasteiger partial charge in [-0.05, 0) is 18.2 Å². The molecular weight excluding hydrogens is 326 g/mol. The van der Waals surface area contributed by atoms with Crippen LogP contribution in [-0.4, -0.2) is 52.0 Å². The lowest BCUT2D eigenvalue weighted by Crippen LogP contribution is -2.29. The first-order valence-corrected chi connectivity index (χ1v) is 8.11. The number of hydrogen-bond donors (Lipinski definition) is 2. The molecule has 0 unspecified atom stereocenters. The summed E-state index contributed by atoms with van der Waals surface area (Å²) in [6.07, 6.45) is 1.69. The summed E-state index contributed by atoms with van der Waals surface area (Å²) in [5.41, 5.74) is 3.07. The predicted octanol–water partition coefficient (Wildman–Crippen LogP) is 1.39. The zero-order chi connectivity index (χ0) is 16.9. The number of aromatic nitrogens is 4. The van der Waals surface area contributed by atoms with E-state index in [1.165, 1.54) is 0 Å². The molecule has 0 aliphatic heterocycles. The minimum Gasteiger partial charge on any atom is -0.376 e. The second kappa shape index (κ2) is 7.18. The van der Waals surface area contributed by atoms with Crippen molar-refractivity contribution >= 4 is 40.2 Å². The lowest BCUT2D eigenvalue weighted by molar-refractivity contribution is 0.0955. The standard InChI is InChI=1S/C15H17N7OS/c1-22(2)11-8-14(19-18-9-11)16-5-6-17-15(23)10-3-4-12-13(7-10)21-24-20-12/h3-4,7-9H,5-6H2,1-2H3,(H,16,19)(H,17,23). The van der Waals surface area contributed by atoms with Crippen molar-refractivity contribution in [1.82, 2.24) is 24.3 Å². The summed E-state index contributed by atoms with van der Waals surface area (Å²) in [6, 6.07) is 7.19. The van der Waals surface area contributed by atoms with E-state index in [4.69, 9.17) is 0 Å². The number of nitrogens with zero attached hydrogens (tertiary/aromatic N) is 5. The van der Waals surface area contributed by atoms with E-state index in [0.29, 0.717) is 24.5 Å². The van der Waals surface area contributed by atoms with Gasteiger partial charge in [-0.1, -0.05) is 0 Å². The van der Waals surface area contributed by atoms with Crippen molar-refractivity contribution in [3.63, 3.8) is 0 Å². The van der Waals surface area contributed by atoms with Gasteiger partial charge in [-0.15, -0.1) is 5.10 Å². The third-order valence-electron chi connectivity index (χ3n) is 3.39. The summed E-state index contributed by atoms with van der Waals surface area (Å²) in [5, 5.41) is 13.9. The number of fused-ring (bicyclic) bond motifs is 1. The molecule has 3 rings (SSSR count). The molecule has 2 N–H and O–H groups in total. The van der Waals surface area contributed by atoms with Crippen LogP contribution in [0.4, 0.5) is 11.5 Å². The van der Waals surface area contributed by atoms with Crippen molar-refractivity contribution in [3.8, 4) is 0 Å².